The van der Waals surface area contributed by atoms with Crippen LogP contribution in [0.25, 0.3) is 33.5 Å². The first-order valence-corrected chi connectivity index (χ1v) is 11.7. The van der Waals surface area contributed by atoms with Crippen LogP contribution in [0.1, 0.15) is 24.7 Å². The number of hydrogen-bond donors (Lipinski definition) is 1. The number of rotatable bonds is 6. The number of nitrogens with zero attached hydrogens (tertiary/aromatic N) is 7. The maximum atomic E-state index is 13.3. The Morgan fingerprint density at radius 1 is 1.03 bits per heavy atom. The number of carbonyl (C=O) groups excluding carboxylic acids is 1. The van der Waals surface area contributed by atoms with Gasteiger partial charge in [0.2, 0.25) is 5.82 Å². The predicted octanol–water partition coefficient (Wildman–Crippen LogP) is 3.58. The lowest BCUT2D eigenvalue weighted by atomic mass is 9.98. The summed E-state index contributed by atoms with van der Waals surface area (Å²) < 4.78 is 3.07. The number of benzene rings is 2. The van der Waals surface area contributed by atoms with E-state index in [0.717, 1.165) is 45.5 Å². The number of aromatic nitrogens is 7. The smallest absolute Gasteiger partial charge is 0.330 e. The first-order valence-electron chi connectivity index (χ1n) is 11.7. The lowest BCUT2D eigenvalue weighted by molar-refractivity contribution is 0.218. The van der Waals surface area contributed by atoms with Gasteiger partial charge in [-0.3, -0.25) is 4.79 Å². The van der Waals surface area contributed by atoms with Crippen molar-refractivity contribution in [3.63, 3.8) is 0 Å². The third-order valence-electron chi connectivity index (χ3n) is 6.06. The number of amides is 1. The number of hydrogen-bond acceptors (Lipinski definition) is 6. The van der Waals surface area contributed by atoms with Crippen molar-refractivity contribution in [3.8, 4) is 22.5 Å². The molecule has 1 N–H and O–H groups in total. The molecule has 3 aromatic heterocycles. The van der Waals surface area contributed by atoms with E-state index < -0.39 is 6.03 Å². The van der Waals surface area contributed by atoms with Crippen LogP contribution < -0.4 is 5.56 Å². The zero-order valence-electron chi connectivity index (χ0n) is 20.3. The van der Waals surface area contributed by atoms with Crippen molar-refractivity contribution < 1.29 is 4.79 Å². The molecule has 36 heavy (non-hydrogen) atoms. The molecular weight excluding hydrogens is 456 g/mol. The fourth-order valence-corrected chi connectivity index (χ4v) is 4.32. The average molecular weight is 483 g/mol. The quantitative estimate of drug-likeness (QED) is 0.396. The number of pyridine rings is 1. The lowest BCUT2D eigenvalue weighted by Crippen LogP contribution is -2.35. The molecule has 0 fully saturated rings. The van der Waals surface area contributed by atoms with Crippen LogP contribution in [0.15, 0.2) is 65.6 Å². The molecule has 0 aliphatic heterocycles. The first-order chi connectivity index (χ1) is 17.5. The summed E-state index contributed by atoms with van der Waals surface area (Å²) >= 11 is 0. The highest BCUT2D eigenvalue weighted by molar-refractivity contribution is 5.82. The molecule has 0 saturated carbocycles. The SMILES string of the molecule is CCCc1nc2ccn(C(=O)N(C)C)c(=O)c2n1Cc1ccc(-c2ccccc2-c2nn[nH]n2)cc1. The Balaban J connectivity index is 1.53. The Morgan fingerprint density at radius 2 is 1.78 bits per heavy atom. The van der Waals surface area contributed by atoms with Crippen LogP contribution in [-0.2, 0) is 13.0 Å². The summed E-state index contributed by atoms with van der Waals surface area (Å²) in [5, 5.41) is 14.4. The Labute approximate surface area is 207 Å². The standard InChI is InChI=1S/C26H26N8O2/c1-4-7-22-27-21-14-15-33(26(36)32(2)3)25(35)23(21)34(22)16-17-10-12-18(13-11-17)19-8-5-6-9-20(19)24-28-30-31-29-24/h5-6,8-15H,4,7,16H2,1-3H3,(H,28,29,30,31). The van der Waals surface area contributed by atoms with Crippen molar-refractivity contribution in [3.05, 3.63) is 82.5 Å². The summed E-state index contributed by atoms with van der Waals surface area (Å²) in [6.07, 6.45) is 3.11. The van der Waals surface area contributed by atoms with Gasteiger partial charge in [-0.15, -0.1) is 10.2 Å². The van der Waals surface area contributed by atoms with Crippen LogP contribution in [0.2, 0.25) is 0 Å². The molecule has 0 saturated heterocycles. The second kappa shape index (κ2) is 9.57. The van der Waals surface area contributed by atoms with Crippen LogP contribution >= 0.6 is 0 Å². The minimum absolute atomic E-state index is 0.369. The second-order valence-electron chi connectivity index (χ2n) is 8.74. The molecule has 182 valence electrons. The fraction of sp³-hybridized carbons (Fsp3) is 0.231. The number of carbonyl (C=O) groups is 1. The molecular formula is C26H26N8O2. The third kappa shape index (κ3) is 4.17. The number of aryl methyl sites for hydroxylation is 1. The van der Waals surface area contributed by atoms with Gasteiger partial charge in [0, 0.05) is 38.8 Å². The molecule has 5 aromatic rings. The summed E-state index contributed by atoms with van der Waals surface area (Å²) in [5.74, 6) is 1.36. The molecule has 2 aromatic carbocycles. The second-order valence-corrected chi connectivity index (χ2v) is 8.74. The molecule has 10 nitrogen and oxygen atoms in total. The van der Waals surface area contributed by atoms with Gasteiger partial charge >= 0.3 is 6.03 Å². The Morgan fingerprint density at radius 3 is 2.44 bits per heavy atom. The topological polar surface area (TPSA) is 115 Å². The van der Waals surface area contributed by atoms with E-state index in [1.807, 2.05) is 53.1 Å². The zero-order chi connectivity index (χ0) is 25.2. The lowest BCUT2D eigenvalue weighted by Gasteiger charge is -2.13. The fourth-order valence-electron chi connectivity index (χ4n) is 4.32. The number of tetrazole rings is 1. The molecule has 0 radical (unpaired) electrons. The molecule has 0 spiro atoms. The molecule has 3 heterocycles. The van der Waals surface area contributed by atoms with Crippen LogP contribution in [0, 0.1) is 0 Å². The van der Waals surface area contributed by atoms with E-state index in [0.29, 0.717) is 23.4 Å². The highest BCUT2D eigenvalue weighted by Gasteiger charge is 2.19. The minimum Gasteiger partial charge on any atom is -0.330 e. The molecule has 0 unspecified atom stereocenters. The summed E-state index contributed by atoms with van der Waals surface area (Å²) in [5.41, 5.74) is 4.57. The number of aromatic amines is 1. The zero-order valence-corrected chi connectivity index (χ0v) is 20.3. The third-order valence-corrected chi connectivity index (χ3v) is 6.06. The van der Waals surface area contributed by atoms with Gasteiger partial charge in [0.25, 0.3) is 5.56 Å². The van der Waals surface area contributed by atoms with Crippen LogP contribution in [0.5, 0.6) is 0 Å². The first kappa shape index (κ1) is 23.2. The molecule has 0 aliphatic carbocycles. The van der Waals surface area contributed by atoms with Gasteiger partial charge in [-0.05, 0) is 34.4 Å². The van der Waals surface area contributed by atoms with Crippen LogP contribution in [-0.4, -0.2) is 59.8 Å². The summed E-state index contributed by atoms with van der Waals surface area (Å²) in [7, 11) is 3.24. The maximum absolute atomic E-state index is 13.3. The molecule has 0 aliphatic rings. The van der Waals surface area contributed by atoms with E-state index in [-0.39, 0.29) is 5.56 Å². The number of fused-ring (bicyclic) bond motifs is 1. The van der Waals surface area contributed by atoms with Gasteiger partial charge in [-0.25, -0.2) is 14.3 Å². The largest absolute Gasteiger partial charge is 0.330 e. The van der Waals surface area contributed by atoms with E-state index in [2.05, 4.69) is 27.5 Å². The van der Waals surface area contributed by atoms with Gasteiger partial charge in [-0.1, -0.05) is 55.5 Å². The minimum atomic E-state index is -0.392. The van der Waals surface area contributed by atoms with Gasteiger partial charge in [0.05, 0.1) is 5.52 Å². The van der Waals surface area contributed by atoms with Crippen molar-refractivity contribution in [2.24, 2.45) is 0 Å². The van der Waals surface area contributed by atoms with E-state index in [1.54, 1.807) is 20.2 Å². The van der Waals surface area contributed by atoms with Gasteiger partial charge in [-0.2, -0.15) is 5.21 Å². The Hall–Kier alpha value is -4.60. The van der Waals surface area contributed by atoms with Crippen molar-refractivity contribution >= 4 is 17.1 Å². The number of H-pyrrole nitrogens is 1. The molecule has 10 heteroatoms. The van der Waals surface area contributed by atoms with Crippen LogP contribution in [0.4, 0.5) is 4.79 Å². The van der Waals surface area contributed by atoms with Crippen molar-refractivity contribution in [2.45, 2.75) is 26.3 Å². The van der Waals surface area contributed by atoms with Crippen molar-refractivity contribution in [1.82, 2.24) is 39.6 Å². The Kier molecular flexibility index (Phi) is 6.16. The average Bonchev–Trinajstić information content (AvgIpc) is 3.54. The Bertz CT molecular complexity index is 1580. The molecule has 0 atom stereocenters. The monoisotopic (exact) mass is 482 g/mol. The summed E-state index contributed by atoms with van der Waals surface area (Å²) in [4.78, 5) is 32.0. The highest BCUT2D eigenvalue weighted by atomic mass is 16.2. The van der Waals surface area contributed by atoms with Crippen LogP contribution in [0.3, 0.4) is 0 Å². The number of imidazole rings is 1. The van der Waals surface area contributed by atoms with Crippen molar-refractivity contribution in [1.29, 1.82) is 0 Å². The summed E-state index contributed by atoms with van der Waals surface area (Å²) in [6.45, 7) is 2.54. The number of nitrogens with one attached hydrogen (secondary N) is 1. The molecule has 1 amide bonds. The highest BCUT2D eigenvalue weighted by Crippen LogP contribution is 2.30. The maximum Gasteiger partial charge on any atom is 0.330 e. The normalized spacial score (nSPS) is 11.2. The van der Waals surface area contributed by atoms with Gasteiger partial charge < -0.3 is 9.47 Å². The molecule has 0 bridgehead atoms. The van der Waals surface area contributed by atoms with Crippen molar-refractivity contribution in [2.75, 3.05) is 14.1 Å². The predicted molar refractivity (Wildman–Crippen MR) is 137 cm³/mol. The molecule has 5 rings (SSSR count). The van der Waals surface area contributed by atoms with E-state index in [1.165, 1.54) is 11.1 Å². The summed E-state index contributed by atoms with van der Waals surface area (Å²) in [6, 6.07) is 17.4. The van der Waals surface area contributed by atoms with Gasteiger partial charge in [0.15, 0.2) is 0 Å². The van der Waals surface area contributed by atoms with E-state index in [9.17, 15) is 9.59 Å². The van der Waals surface area contributed by atoms with E-state index in [4.69, 9.17) is 4.98 Å². The van der Waals surface area contributed by atoms with Gasteiger partial charge in [0.1, 0.15) is 11.3 Å². The van der Waals surface area contributed by atoms with E-state index >= 15 is 0 Å².